The first kappa shape index (κ1) is 15.6. The maximum atomic E-state index is 14.0. The van der Waals surface area contributed by atoms with E-state index in [1.54, 1.807) is 6.07 Å². The summed E-state index contributed by atoms with van der Waals surface area (Å²) in [7, 11) is 0. The van der Waals surface area contributed by atoms with E-state index in [4.69, 9.17) is 0 Å². The van der Waals surface area contributed by atoms with Gasteiger partial charge in [0.2, 0.25) is 0 Å². The van der Waals surface area contributed by atoms with Crippen LogP contribution in [-0.2, 0) is 19.4 Å². The van der Waals surface area contributed by atoms with Crippen molar-refractivity contribution in [2.75, 3.05) is 6.54 Å². The van der Waals surface area contributed by atoms with Gasteiger partial charge in [0.15, 0.2) is 5.82 Å². The number of benzene rings is 1. The van der Waals surface area contributed by atoms with Crippen LogP contribution in [0.15, 0.2) is 24.3 Å². The Bertz CT molecular complexity index is 579. The summed E-state index contributed by atoms with van der Waals surface area (Å²) in [5.41, 5.74) is 0.676. The number of halogens is 1. The monoisotopic (exact) mass is 290 g/mol. The van der Waals surface area contributed by atoms with Crippen molar-refractivity contribution in [1.82, 2.24) is 20.1 Å². The number of likely N-dealkylation sites (N-methyl/N-ethyl adjacent to an activating group) is 1. The molecule has 0 bridgehead atoms. The molecule has 0 saturated carbocycles. The fraction of sp³-hybridized carbons (Fsp3) is 0.500. The van der Waals surface area contributed by atoms with Crippen LogP contribution in [0.25, 0.3) is 0 Å². The molecule has 2 aromatic rings. The van der Waals surface area contributed by atoms with Crippen molar-refractivity contribution in [2.24, 2.45) is 0 Å². The zero-order chi connectivity index (χ0) is 15.2. The van der Waals surface area contributed by atoms with Crippen molar-refractivity contribution in [1.29, 1.82) is 0 Å². The number of hydrogen-bond acceptors (Lipinski definition) is 3. The summed E-state index contributed by atoms with van der Waals surface area (Å²) in [5.74, 6) is 1.61. The van der Waals surface area contributed by atoms with Gasteiger partial charge in [-0.1, -0.05) is 39.0 Å². The highest BCUT2D eigenvalue weighted by molar-refractivity contribution is 5.21. The molecule has 0 fully saturated rings. The van der Waals surface area contributed by atoms with Gasteiger partial charge in [-0.2, -0.15) is 5.10 Å². The molecule has 0 radical (unpaired) electrons. The fourth-order valence-corrected chi connectivity index (χ4v) is 2.43. The molecule has 0 aliphatic rings. The molecule has 1 atom stereocenters. The summed E-state index contributed by atoms with van der Waals surface area (Å²) in [6.45, 7) is 7.48. The van der Waals surface area contributed by atoms with Crippen LogP contribution >= 0.6 is 0 Å². The molecule has 1 unspecified atom stereocenters. The van der Waals surface area contributed by atoms with Gasteiger partial charge in [0.1, 0.15) is 11.6 Å². The van der Waals surface area contributed by atoms with Gasteiger partial charge < -0.3 is 5.32 Å². The van der Waals surface area contributed by atoms with Crippen LogP contribution in [0.4, 0.5) is 4.39 Å². The Kier molecular flexibility index (Phi) is 5.44. The van der Waals surface area contributed by atoms with E-state index in [9.17, 15) is 4.39 Å². The molecule has 0 aliphatic carbocycles. The van der Waals surface area contributed by atoms with Crippen molar-refractivity contribution >= 4 is 0 Å². The summed E-state index contributed by atoms with van der Waals surface area (Å²) in [4.78, 5) is 4.51. The van der Waals surface area contributed by atoms with E-state index in [1.165, 1.54) is 6.07 Å². The summed E-state index contributed by atoms with van der Waals surface area (Å²) in [6.07, 6.45) is 1.63. The first-order valence-corrected chi connectivity index (χ1v) is 7.59. The fourth-order valence-electron chi connectivity index (χ4n) is 2.43. The Morgan fingerprint density at radius 1 is 1.19 bits per heavy atom. The van der Waals surface area contributed by atoms with Crippen molar-refractivity contribution < 1.29 is 4.39 Å². The van der Waals surface area contributed by atoms with Crippen molar-refractivity contribution in [3.63, 3.8) is 0 Å². The van der Waals surface area contributed by atoms with Gasteiger partial charge in [-0.05, 0) is 12.6 Å². The number of aromatic nitrogens is 3. The Balaban J connectivity index is 2.28. The maximum absolute atomic E-state index is 14.0. The topological polar surface area (TPSA) is 42.7 Å². The zero-order valence-electron chi connectivity index (χ0n) is 12.9. The van der Waals surface area contributed by atoms with Gasteiger partial charge in [0, 0.05) is 18.4 Å². The molecule has 114 valence electrons. The van der Waals surface area contributed by atoms with E-state index >= 15 is 0 Å². The SMILES string of the molecule is CCNC(Cn1nc(CC)nc1CC)c1ccccc1F. The van der Waals surface area contributed by atoms with E-state index in [-0.39, 0.29) is 11.9 Å². The van der Waals surface area contributed by atoms with Crippen molar-refractivity contribution in [3.8, 4) is 0 Å². The summed E-state index contributed by atoms with van der Waals surface area (Å²) < 4.78 is 15.9. The van der Waals surface area contributed by atoms with E-state index in [1.807, 2.05) is 30.7 Å². The van der Waals surface area contributed by atoms with Gasteiger partial charge >= 0.3 is 0 Å². The third-order valence-electron chi connectivity index (χ3n) is 3.51. The van der Waals surface area contributed by atoms with Gasteiger partial charge in [-0.3, -0.25) is 0 Å². The third-order valence-corrected chi connectivity index (χ3v) is 3.51. The quantitative estimate of drug-likeness (QED) is 0.852. The summed E-state index contributed by atoms with van der Waals surface area (Å²) in [5, 5.41) is 7.86. The van der Waals surface area contributed by atoms with Crippen LogP contribution in [0, 0.1) is 5.82 Å². The molecule has 0 aliphatic heterocycles. The zero-order valence-corrected chi connectivity index (χ0v) is 12.9. The molecule has 0 amide bonds. The van der Waals surface area contributed by atoms with Crippen LogP contribution in [0.1, 0.15) is 44.0 Å². The molecule has 4 nitrogen and oxygen atoms in total. The van der Waals surface area contributed by atoms with Gasteiger partial charge in [0.25, 0.3) is 0 Å². The molecule has 5 heteroatoms. The normalized spacial score (nSPS) is 12.6. The molecule has 1 aromatic carbocycles. The lowest BCUT2D eigenvalue weighted by atomic mass is 10.1. The minimum atomic E-state index is -0.183. The van der Waals surface area contributed by atoms with Crippen LogP contribution in [0.2, 0.25) is 0 Å². The number of nitrogens with zero attached hydrogens (tertiary/aromatic N) is 3. The minimum absolute atomic E-state index is 0.104. The average Bonchev–Trinajstić information content (AvgIpc) is 2.89. The molecule has 1 aromatic heterocycles. The lowest BCUT2D eigenvalue weighted by molar-refractivity contribution is 0.421. The highest BCUT2D eigenvalue weighted by atomic mass is 19.1. The predicted octanol–water partition coefficient (Wildman–Crippen LogP) is 2.89. The molecular weight excluding hydrogens is 267 g/mol. The van der Waals surface area contributed by atoms with E-state index < -0.39 is 0 Å². The van der Waals surface area contributed by atoms with Gasteiger partial charge in [-0.15, -0.1) is 0 Å². The molecule has 1 N–H and O–H groups in total. The number of rotatable bonds is 7. The summed E-state index contributed by atoms with van der Waals surface area (Å²) in [6, 6.07) is 6.80. The second kappa shape index (κ2) is 7.31. The number of hydrogen-bond donors (Lipinski definition) is 1. The number of nitrogens with one attached hydrogen (secondary N) is 1. The van der Waals surface area contributed by atoms with E-state index in [0.29, 0.717) is 12.1 Å². The molecule has 1 heterocycles. The second-order valence-corrected chi connectivity index (χ2v) is 4.97. The Morgan fingerprint density at radius 3 is 2.57 bits per heavy atom. The van der Waals surface area contributed by atoms with Gasteiger partial charge in [-0.25, -0.2) is 14.1 Å². The van der Waals surface area contributed by atoms with Crippen LogP contribution in [-0.4, -0.2) is 21.3 Å². The third kappa shape index (κ3) is 3.67. The Morgan fingerprint density at radius 2 is 1.95 bits per heavy atom. The molecule has 0 spiro atoms. The average molecular weight is 290 g/mol. The first-order valence-electron chi connectivity index (χ1n) is 7.59. The number of aryl methyl sites for hydroxylation is 2. The lowest BCUT2D eigenvalue weighted by Crippen LogP contribution is -2.27. The largest absolute Gasteiger partial charge is 0.309 e. The standard InChI is InChI=1S/C16H23FN4/c1-4-15-19-16(5-2)21(20-15)11-14(18-6-3)12-9-7-8-10-13(12)17/h7-10,14,18H,4-6,11H2,1-3H3. The molecule has 2 rings (SSSR count). The Hall–Kier alpha value is -1.75. The predicted molar refractivity (Wildman–Crippen MR) is 81.6 cm³/mol. The van der Waals surface area contributed by atoms with Crippen molar-refractivity contribution in [3.05, 3.63) is 47.3 Å². The highest BCUT2D eigenvalue weighted by Gasteiger charge is 2.17. The van der Waals surface area contributed by atoms with Crippen LogP contribution < -0.4 is 5.32 Å². The molecule has 21 heavy (non-hydrogen) atoms. The maximum Gasteiger partial charge on any atom is 0.150 e. The van der Waals surface area contributed by atoms with Crippen LogP contribution in [0.3, 0.4) is 0 Å². The molecular formula is C16H23FN4. The van der Waals surface area contributed by atoms with E-state index in [2.05, 4.69) is 22.3 Å². The first-order chi connectivity index (χ1) is 10.2. The smallest absolute Gasteiger partial charge is 0.150 e. The minimum Gasteiger partial charge on any atom is -0.309 e. The second-order valence-electron chi connectivity index (χ2n) is 4.97. The van der Waals surface area contributed by atoms with Gasteiger partial charge in [0.05, 0.1) is 12.6 Å². The highest BCUT2D eigenvalue weighted by Crippen LogP contribution is 2.19. The molecule has 0 saturated heterocycles. The lowest BCUT2D eigenvalue weighted by Gasteiger charge is -2.19. The van der Waals surface area contributed by atoms with Crippen molar-refractivity contribution in [2.45, 2.75) is 46.2 Å². The van der Waals surface area contributed by atoms with E-state index in [0.717, 1.165) is 31.0 Å². The summed E-state index contributed by atoms with van der Waals surface area (Å²) >= 11 is 0. The Labute approximate surface area is 125 Å². The van der Waals surface area contributed by atoms with Crippen LogP contribution in [0.5, 0.6) is 0 Å².